The number of nitrogens with one attached hydrogen (secondary N) is 2. The van der Waals surface area contributed by atoms with Gasteiger partial charge < -0.3 is 15.4 Å². The van der Waals surface area contributed by atoms with Gasteiger partial charge in [-0.25, -0.2) is 4.98 Å². The van der Waals surface area contributed by atoms with Gasteiger partial charge in [0.1, 0.15) is 11.6 Å². The van der Waals surface area contributed by atoms with Gasteiger partial charge in [0.2, 0.25) is 5.95 Å². The largest absolute Gasteiger partial charge is 0.497 e. The molecule has 1 aromatic heterocycles. The van der Waals surface area contributed by atoms with Crippen molar-refractivity contribution in [3.8, 4) is 17.0 Å². The minimum absolute atomic E-state index is 0.587. The van der Waals surface area contributed by atoms with Crippen molar-refractivity contribution in [2.45, 2.75) is 6.54 Å². The molecule has 0 aliphatic rings. The van der Waals surface area contributed by atoms with E-state index in [1.54, 1.807) is 7.11 Å². The van der Waals surface area contributed by atoms with E-state index in [2.05, 4.69) is 20.6 Å². The molecule has 2 N–H and O–H groups in total. The number of benzene rings is 2. The summed E-state index contributed by atoms with van der Waals surface area (Å²) < 4.78 is 5.26. The molecule has 0 radical (unpaired) electrons. The van der Waals surface area contributed by atoms with Crippen molar-refractivity contribution in [1.29, 1.82) is 0 Å². The Balaban J connectivity index is 1.82. The molecule has 0 aliphatic heterocycles. The molecule has 3 rings (SSSR count). The molecular weight excluding hydrogens is 300 g/mol. The van der Waals surface area contributed by atoms with Crippen LogP contribution in [0.1, 0.15) is 5.56 Å². The average molecular weight is 320 g/mol. The van der Waals surface area contributed by atoms with Gasteiger partial charge in [-0.1, -0.05) is 42.5 Å². The summed E-state index contributed by atoms with van der Waals surface area (Å²) >= 11 is 0. The number of anilines is 2. The van der Waals surface area contributed by atoms with Crippen LogP contribution in [0.5, 0.6) is 5.75 Å². The highest BCUT2D eigenvalue weighted by Gasteiger charge is 2.06. The normalized spacial score (nSPS) is 10.2. The second-order valence-electron chi connectivity index (χ2n) is 5.28. The van der Waals surface area contributed by atoms with E-state index in [9.17, 15) is 0 Å². The van der Waals surface area contributed by atoms with Crippen LogP contribution in [0.2, 0.25) is 0 Å². The number of hydrogen-bond acceptors (Lipinski definition) is 5. The summed E-state index contributed by atoms with van der Waals surface area (Å²) in [7, 11) is 3.48. The van der Waals surface area contributed by atoms with Crippen LogP contribution in [0.15, 0.2) is 60.7 Å². The lowest BCUT2D eigenvalue weighted by molar-refractivity contribution is 0.414. The molecule has 0 aliphatic carbocycles. The fraction of sp³-hybridized carbons (Fsp3) is 0.158. The molecule has 24 heavy (non-hydrogen) atoms. The van der Waals surface area contributed by atoms with Crippen LogP contribution in [0.4, 0.5) is 11.8 Å². The summed E-state index contributed by atoms with van der Waals surface area (Å²) in [5.74, 6) is 2.21. The van der Waals surface area contributed by atoms with Crippen molar-refractivity contribution in [3.05, 3.63) is 66.2 Å². The van der Waals surface area contributed by atoms with E-state index < -0.39 is 0 Å². The monoisotopic (exact) mass is 320 g/mol. The molecule has 122 valence electrons. The summed E-state index contributed by atoms with van der Waals surface area (Å²) in [6.07, 6.45) is 0. The first-order valence-corrected chi connectivity index (χ1v) is 7.77. The quantitative estimate of drug-likeness (QED) is 0.723. The van der Waals surface area contributed by atoms with E-state index in [1.165, 1.54) is 0 Å². The molecule has 0 atom stereocenters. The van der Waals surface area contributed by atoms with E-state index in [0.717, 1.165) is 28.4 Å². The second kappa shape index (κ2) is 7.46. The minimum Gasteiger partial charge on any atom is -0.497 e. The summed E-state index contributed by atoms with van der Waals surface area (Å²) in [6.45, 7) is 0.658. The topological polar surface area (TPSA) is 59.1 Å². The Morgan fingerprint density at radius 3 is 2.54 bits per heavy atom. The van der Waals surface area contributed by atoms with Crippen LogP contribution < -0.4 is 15.4 Å². The van der Waals surface area contributed by atoms with E-state index in [-0.39, 0.29) is 0 Å². The fourth-order valence-corrected chi connectivity index (χ4v) is 2.38. The molecule has 0 saturated heterocycles. The van der Waals surface area contributed by atoms with E-state index >= 15 is 0 Å². The Kier molecular flexibility index (Phi) is 4.91. The van der Waals surface area contributed by atoms with E-state index in [1.807, 2.05) is 67.7 Å². The second-order valence-corrected chi connectivity index (χ2v) is 5.28. The van der Waals surface area contributed by atoms with Gasteiger partial charge in [-0.15, -0.1) is 0 Å². The van der Waals surface area contributed by atoms with Crippen molar-refractivity contribution < 1.29 is 4.74 Å². The van der Waals surface area contributed by atoms with Crippen LogP contribution in [0.25, 0.3) is 11.3 Å². The SMILES string of the molecule is CNc1nc(NCc2cccc(OC)c2)cc(-c2ccccc2)n1. The molecule has 0 amide bonds. The van der Waals surface area contributed by atoms with Gasteiger partial charge in [-0.2, -0.15) is 4.98 Å². The lowest BCUT2D eigenvalue weighted by atomic mass is 10.1. The van der Waals surface area contributed by atoms with E-state index in [0.29, 0.717) is 12.5 Å². The number of ether oxygens (including phenoxy) is 1. The Bertz CT molecular complexity index is 805. The zero-order chi connectivity index (χ0) is 16.8. The summed E-state index contributed by atoms with van der Waals surface area (Å²) in [6, 6.07) is 20.0. The van der Waals surface area contributed by atoms with Gasteiger partial charge in [0.15, 0.2) is 0 Å². The number of rotatable bonds is 6. The van der Waals surface area contributed by atoms with Crippen LogP contribution >= 0.6 is 0 Å². The Morgan fingerprint density at radius 2 is 1.79 bits per heavy atom. The summed E-state index contributed by atoms with van der Waals surface area (Å²) in [4.78, 5) is 8.99. The Morgan fingerprint density at radius 1 is 0.958 bits per heavy atom. The van der Waals surface area contributed by atoms with Gasteiger partial charge >= 0.3 is 0 Å². The zero-order valence-corrected chi connectivity index (χ0v) is 13.8. The van der Waals surface area contributed by atoms with Crippen molar-refractivity contribution in [3.63, 3.8) is 0 Å². The molecule has 0 spiro atoms. The maximum atomic E-state index is 5.26. The van der Waals surface area contributed by atoms with Gasteiger partial charge in [0.25, 0.3) is 0 Å². The van der Waals surface area contributed by atoms with Crippen LogP contribution in [-0.2, 0) is 6.54 Å². The third-order valence-electron chi connectivity index (χ3n) is 3.63. The maximum absolute atomic E-state index is 5.26. The van der Waals surface area contributed by atoms with Gasteiger partial charge in [0.05, 0.1) is 12.8 Å². The van der Waals surface area contributed by atoms with Gasteiger partial charge in [-0.05, 0) is 17.7 Å². The highest BCUT2D eigenvalue weighted by Crippen LogP contribution is 2.22. The molecule has 2 aromatic carbocycles. The Labute approximate surface area is 141 Å². The molecule has 0 fully saturated rings. The first kappa shape index (κ1) is 15.8. The highest BCUT2D eigenvalue weighted by molar-refractivity contribution is 5.64. The lowest BCUT2D eigenvalue weighted by Gasteiger charge is -2.10. The van der Waals surface area contributed by atoms with E-state index in [4.69, 9.17) is 4.74 Å². The van der Waals surface area contributed by atoms with Crippen LogP contribution in [0, 0.1) is 0 Å². The predicted molar refractivity (Wildman–Crippen MR) is 97.3 cm³/mol. The standard InChI is InChI=1S/C19H20N4O/c1-20-19-22-17(15-8-4-3-5-9-15)12-18(23-19)21-13-14-7-6-10-16(11-14)24-2/h3-12H,13H2,1-2H3,(H2,20,21,22,23). The number of nitrogens with zero attached hydrogens (tertiary/aromatic N) is 2. The molecule has 0 unspecified atom stereocenters. The van der Waals surface area contributed by atoms with Crippen LogP contribution in [0.3, 0.4) is 0 Å². The first-order chi connectivity index (χ1) is 11.8. The third-order valence-corrected chi connectivity index (χ3v) is 3.63. The number of methoxy groups -OCH3 is 1. The molecule has 1 heterocycles. The third kappa shape index (κ3) is 3.81. The molecule has 0 bridgehead atoms. The number of aromatic nitrogens is 2. The van der Waals surface area contributed by atoms with Crippen LogP contribution in [-0.4, -0.2) is 24.1 Å². The minimum atomic E-state index is 0.587. The number of hydrogen-bond donors (Lipinski definition) is 2. The van der Waals surface area contributed by atoms with Crippen molar-refractivity contribution in [1.82, 2.24) is 9.97 Å². The molecule has 5 nitrogen and oxygen atoms in total. The van der Waals surface area contributed by atoms with Gasteiger partial charge in [0, 0.05) is 25.2 Å². The smallest absolute Gasteiger partial charge is 0.224 e. The lowest BCUT2D eigenvalue weighted by Crippen LogP contribution is -2.05. The van der Waals surface area contributed by atoms with Crippen molar-refractivity contribution in [2.24, 2.45) is 0 Å². The molecular formula is C19H20N4O. The fourth-order valence-electron chi connectivity index (χ4n) is 2.38. The molecule has 3 aromatic rings. The zero-order valence-electron chi connectivity index (χ0n) is 13.8. The van der Waals surface area contributed by atoms with Crippen molar-refractivity contribution in [2.75, 3.05) is 24.8 Å². The summed E-state index contributed by atoms with van der Waals surface area (Å²) in [5, 5.41) is 6.36. The van der Waals surface area contributed by atoms with Gasteiger partial charge in [-0.3, -0.25) is 0 Å². The average Bonchev–Trinajstić information content (AvgIpc) is 2.67. The molecule has 5 heteroatoms. The predicted octanol–water partition coefficient (Wildman–Crippen LogP) is 3.81. The Hall–Kier alpha value is -3.08. The summed E-state index contributed by atoms with van der Waals surface area (Å²) in [5.41, 5.74) is 3.06. The van der Waals surface area contributed by atoms with Crippen molar-refractivity contribution >= 4 is 11.8 Å². The highest BCUT2D eigenvalue weighted by atomic mass is 16.5. The maximum Gasteiger partial charge on any atom is 0.224 e. The first-order valence-electron chi connectivity index (χ1n) is 7.77. The molecule has 0 saturated carbocycles.